The van der Waals surface area contributed by atoms with Crippen LogP contribution >= 0.6 is 0 Å². The van der Waals surface area contributed by atoms with Gasteiger partial charge in [0.05, 0.1) is 5.69 Å². The van der Waals surface area contributed by atoms with Crippen molar-refractivity contribution >= 4 is 23.5 Å². The standard InChI is InChI=1S/C19H27N5O3/c1-3-20-19(26)27-22-16-18(25)23(2)15-11-7-6-10-14(15)17(21-16)24-12-8-4-5-9-13-24/h6-7,10-11,16,22H,3-5,8-9,12-13H2,1-2H3,(H,20,26). The van der Waals surface area contributed by atoms with Gasteiger partial charge in [-0.05, 0) is 31.9 Å². The molecule has 8 nitrogen and oxygen atoms in total. The van der Waals surface area contributed by atoms with E-state index in [2.05, 4.69) is 20.7 Å². The summed E-state index contributed by atoms with van der Waals surface area (Å²) >= 11 is 0. The van der Waals surface area contributed by atoms with E-state index in [0.29, 0.717) is 6.54 Å². The van der Waals surface area contributed by atoms with E-state index >= 15 is 0 Å². The van der Waals surface area contributed by atoms with E-state index in [1.807, 2.05) is 24.3 Å². The second-order valence-electron chi connectivity index (χ2n) is 6.71. The Hall–Kier alpha value is -2.61. The van der Waals surface area contributed by atoms with Gasteiger partial charge in [0.25, 0.3) is 5.91 Å². The highest BCUT2D eigenvalue weighted by molar-refractivity contribution is 6.11. The summed E-state index contributed by atoms with van der Waals surface area (Å²) in [5.74, 6) is 0.485. The van der Waals surface area contributed by atoms with Gasteiger partial charge < -0.3 is 20.0 Å². The van der Waals surface area contributed by atoms with E-state index in [-0.39, 0.29) is 5.91 Å². The summed E-state index contributed by atoms with van der Waals surface area (Å²) in [6.45, 7) is 4.02. The molecule has 0 spiro atoms. The zero-order valence-corrected chi connectivity index (χ0v) is 15.9. The highest BCUT2D eigenvalue weighted by Crippen LogP contribution is 2.26. The molecule has 1 unspecified atom stereocenters. The van der Waals surface area contributed by atoms with Gasteiger partial charge in [-0.15, -0.1) is 5.48 Å². The number of hydrogen-bond donors (Lipinski definition) is 2. The maximum absolute atomic E-state index is 12.9. The topological polar surface area (TPSA) is 86.3 Å². The summed E-state index contributed by atoms with van der Waals surface area (Å²) in [4.78, 5) is 38.0. The van der Waals surface area contributed by atoms with Crippen molar-refractivity contribution in [3.05, 3.63) is 29.8 Å². The summed E-state index contributed by atoms with van der Waals surface area (Å²) in [5.41, 5.74) is 4.24. The zero-order chi connectivity index (χ0) is 19.2. The SMILES string of the molecule is CCNC(=O)ONC1N=C(N2CCCCCC2)c2ccccc2N(C)C1=O. The molecule has 2 aliphatic rings. The minimum absolute atomic E-state index is 0.281. The highest BCUT2D eigenvalue weighted by Gasteiger charge is 2.32. The molecule has 0 aliphatic carbocycles. The first-order valence-corrected chi connectivity index (χ1v) is 9.51. The normalized spacial score (nSPS) is 20.3. The van der Waals surface area contributed by atoms with Gasteiger partial charge in [0.2, 0.25) is 6.17 Å². The minimum Gasteiger partial charge on any atom is -0.356 e. The lowest BCUT2D eigenvalue weighted by atomic mass is 10.1. The third-order valence-corrected chi connectivity index (χ3v) is 4.81. The van der Waals surface area contributed by atoms with E-state index in [9.17, 15) is 9.59 Å². The molecule has 2 aliphatic heterocycles. The number of carbonyl (C=O) groups excluding carboxylic acids is 2. The molecule has 0 bridgehead atoms. The van der Waals surface area contributed by atoms with Crippen molar-refractivity contribution in [1.82, 2.24) is 15.7 Å². The molecule has 1 saturated heterocycles. The molecule has 2 N–H and O–H groups in total. The lowest BCUT2D eigenvalue weighted by molar-refractivity contribution is -0.122. The van der Waals surface area contributed by atoms with Crippen molar-refractivity contribution in [3.63, 3.8) is 0 Å². The summed E-state index contributed by atoms with van der Waals surface area (Å²) in [7, 11) is 1.71. The van der Waals surface area contributed by atoms with Crippen LogP contribution in [-0.4, -0.2) is 55.6 Å². The summed E-state index contributed by atoms with van der Waals surface area (Å²) in [6.07, 6.45) is 2.96. The largest absolute Gasteiger partial charge is 0.426 e. The zero-order valence-electron chi connectivity index (χ0n) is 15.9. The molecular weight excluding hydrogens is 346 g/mol. The van der Waals surface area contributed by atoms with Crippen LogP contribution in [0.2, 0.25) is 0 Å². The first kappa shape index (κ1) is 19.2. The second-order valence-corrected chi connectivity index (χ2v) is 6.71. The number of amides is 2. The van der Waals surface area contributed by atoms with Gasteiger partial charge in [-0.1, -0.05) is 25.0 Å². The van der Waals surface area contributed by atoms with Crippen molar-refractivity contribution in [2.75, 3.05) is 31.6 Å². The van der Waals surface area contributed by atoms with Crippen molar-refractivity contribution in [1.29, 1.82) is 0 Å². The third-order valence-electron chi connectivity index (χ3n) is 4.81. The number of nitrogens with zero attached hydrogens (tertiary/aromatic N) is 3. The molecule has 3 rings (SSSR count). The van der Waals surface area contributed by atoms with E-state index in [1.165, 1.54) is 12.8 Å². The Morgan fingerprint density at radius 2 is 1.93 bits per heavy atom. The monoisotopic (exact) mass is 373 g/mol. The number of anilines is 1. The number of rotatable bonds is 3. The Balaban J connectivity index is 1.93. The molecule has 2 amide bonds. The van der Waals surface area contributed by atoms with Gasteiger partial charge in [0.15, 0.2) is 0 Å². The Morgan fingerprint density at radius 1 is 1.22 bits per heavy atom. The first-order chi connectivity index (χ1) is 13.1. The number of benzodiazepines with no additional fused rings is 1. The van der Waals surface area contributed by atoms with Gasteiger partial charge in [0.1, 0.15) is 5.84 Å². The van der Waals surface area contributed by atoms with Crippen LogP contribution in [0.3, 0.4) is 0 Å². The molecule has 27 heavy (non-hydrogen) atoms. The molecule has 0 saturated carbocycles. The third kappa shape index (κ3) is 4.39. The number of para-hydroxylation sites is 1. The van der Waals surface area contributed by atoms with Crippen molar-refractivity contribution < 1.29 is 14.4 Å². The van der Waals surface area contributed by atoms with Gasteiger partial charge in [-0.2, -0.15) is 0 Å². The average Bonchev–Trinajstić information content (AvgIpc) is 3.01. The number of likely N-dealkylation sites (tertiary alicyclic amines) is 1. The van der Waals surface area contributed by atoms with Crippen LogP contribution < -0.4 is 15.7 Å². The van der Waals surface area contributed by atoms with Gasteiger partial charge in [0, 0.05) is 32.2 Å². The number of benzene rings is 1. The van der Waals surface area contributed by atoms with Crippen LogP contribution in [0.4, 0.5) is 10.5 Å². The number of likely N-dealkylation sites (N-methyl/N-ethyl adjacent to an activating group) is 1. The van der Waals surface area contributed by atoms with Crippen LogP contribution in [-0.2, 0) is 9.63 Å². The molecule has 8 heteroatoms. The summed E-state index contributed by atoms with van der Waals surface area (Å²) in [6, 6.07) is 7.74. The van der Waals surface area contributed by atoms with E-state index in [4.69, 9.17) is 4.84 Å². The Morgan fingerprint density at radius 3 is 2.63 bits per heavy atom. The van der Waals surface area contributed by atoms with Gasteiger partial charge >= 0.3 is 6.09 Å². The lowest BCUT2D eigenvalue weighted by Gasteiger charge is -2.25. The Labute approximate surface area is 159 Å². The lowest BCUT2D eigenvalue weighted by Crippen LogP contribution is -2.46. The van der Waals surface area contributed by atoms with Crippen LogP contribution in [0, 0.1) is 0 Å². The molecule has 1 aromatic rings. The molecule has 0 radical (unpaired) electrons. The number of aliphatic imine (C=N–C) groups is 1. The quantitative estimate of drug-likeness (QED) is 0.790. The average molecular weight is 373 g/mol. The number of nitrogens with one attached hydrogen (secondary N) is 2. The van der Waals surface area contributed by atoms with E-state index < -0.39 is 12.3 Å². The maximum atomic E-state index is 12.9. The number of hydrogen-bond acceptors (Lipinski definition) is 6. The molecule has 1 fully saturated rings. The summed E-state index contributed by atoms with van der Waals surface area (Å²) in [5, 5.41) is 2.52. The van der Waals surface area contributed by atoms with Crippen LogP contribution in [0.5, 0.6) is 0 Å². The highest BCUT2D eigenvalue weighted by atomic mass is 16.7. The van der Waals surface area contributed by atoms with Crippen molar-refractivity contribution in [2.24, 2.45) is 4.99 Å². The maximum Gasteiger partial charge on any atom is 0.426 e. The summed E-state index contributed by atoms with van der Waals surface area (Å²) < 4.78 is 0. The number of hydroxylamine groups is 1. The van der Waals surface area contributed by atoms with Gasteiger partial charge in [-0.3, -0.25) is 4.79 Å². The van der Waals surface area contributed by atoms with Crippen LogP contribution in [0.1, 0.15) is 38.2 Å². The predicted molar refractivity (Wildman–Crippen MR) is 104 cm³/mol. The first-order valence-electron chi connectivity index (χ1n) is 9.51. The molecule has 2 heterocycles. The Kier molecular flexibility index (Phi) is 6.28. The molecular formula is C19H27N5O3. The number of carbonyl (C=O) groups is 2. The molecule has 1 aromatic carbocycles. The predicted octanol–water partition coefficient (Wildman–Crippen LogP) is 1.86. The number of fused-ring (bicyclic) bond motifs is 1. The Bertz CT molecular complexity index is 713. The van der Waals surface area contributed by atoms with Crippen LogP contribution in [0.25, 0.3) is 0 Å². The fourth-order valence-corrected chi connectivity index (χ4v) is 3.41. The fourth-order valence-electron chi connectivity index (χ4n) is 3.41. The van der Waals surface area contributed by atoms with E-state index in [1.54, 1.807) is 18.9 Å². The molecule has 146 valence electrons. The second kappa shape index (κ2) is 8.85. The number of amidine groups is 1. The van der Waals surface area contributed by atoms with Gasteiger partial charge in [-0.25, -0.2) is 9.79 Å². The molecule has 0 aromatic heterocycles. The van der Waals surface area contributed by atoms with E-state index in [0.717, 1.165) is 43.0 Å². The fraction of sp³-hybridized carbons (Fsp3) is 0.526. The molecule has 1 atom stereocenters. The minimum atomic E-state index is -0.997. The van der Waals surface area contributed by atoms with Crippen molar-refractivity contribution in [2.45, 2.75) is 38.8 Å². The smallest absolute Gasteiger partial charge is 0.356 e. The van der Waals surface area contributed by atoms with Crippen LogP contribution in [0.15, 0.2) is 29.3 Å². The van der Waals surface area contributed by atoms with Crippen molar-refractivity contribution in [3.8, 4) is 0 Å².